The van der Waals surface area contributed by atoms with Crippen molar-refractivity contribution in [3.8, 4) is 0 Å². The van der Waals surface area contributed by atoms with Crippen LogP contribution >= 0.6 is 0 Å². The van der Waals surface area contributed by atoms with Gasteiger partial charge in [0, 0.05) is 36.7 Å². The Balaban J connectivity index is 1.44. The summed E-state index contributed by atoms with van der Waals surface area (Å²) in [7, 11) is 0. The number of Topliss-reactive ketones (excluding diaryl/α,β-unsaturated/α-hetero) is 1. The van der Waals surface area contributed by atoms with Gasteiger partial charge in [-0.1, -0.05) is 17.3 Å². The summed E-state index contributed by atoms with van der Waals surface area (Å²) in [6.07, 6.45) is -3.86. The third-order valence-corrected chi connectivity index (χ3v) is 5.76. The third-order valence-electron chi connectivity index (χ3n) is 5.76. The monoisotopic (exact) mass is 473 g/mol. The first-order chi connectivity index (χ1) is 15.6. The Labute approximate surface area is 185 Å². The van der Waals surface area contributed by atoms with Crippen LogP contribution in [0.2, 0.25) is 0 Å². The van der Waals surface area contributed by atoms with E-state index in [-0.39, 0.29) is 17.8 Å². The molecule has 1 amide bonds. The van der Waals surface area contributed by atoms with E-state index >= 15 is 0 Å². The van der Waals surface area contributed by atoms with Gasteiger partial charge in [-0.25, -0.2) is 8.78 Å². The Morgan fingerprint density at radius 2 is 1.88 bits per heavy atom. The fourth-order valence-electron chi connectivity index (χ4n) is 4.00. The van der Waals surface area contributed by atoms with Crippen LogP contribution in [-0.4, -0.2) is 61.0 Å². The third kappa shape index (κ3) is 4.62. The summed E-state index contributed by atoms with van der Waals surface area (Å²) in [5.41, 5.74) is -4.05. The van der Waals surface area contributed by atoms with Crippen LogP contribution in [0.25, 0.3) is 0 Å². The lowest BCUT2D eigenvalue weighted by Crippen LogP contribution is -2.58. The molecule has 1 fully saturated rings. The molecule has 0 aromatic heterocycles. The number of allylic oxidation sites excluding steroid dienone is 1. The topological polar surface area (TPSA) is 89.0 Å². The zero-order chi connectivity index (χ0) is 23.8. The second-order valence-corrected chi connectivity index (χ2v) is 8.06. The lowest BCUT2D eigenvalue weighted by Gasteiger charge is -2.29. The van der Waals surface area contributed by atoms with Crippen molar-refractivity contribution in [1.29, 1.82) is 0 Å². The molecule has 2 heterocycles. The average Bonchev–Trinajstić information content (AvgIpc) is 3.41. The van der Waals surface area contributed by atoms with Gasteiger partial charge in [0.2, 0.25) is 0 Å². The molecule has 0 radical (unpaired) electrons. The number of hydrogen-bond donors (Lipinski definition) is 2. The largest absolute Gasteiger partial charge is 0.440 e. The molecule has 1 aliphatic carbocycles. The van der Waals surface area contributed by atoms with Crippen molar-refractivity contribution in [3.63, 3.8) is 0 Å². The van der Waals surface area contributed by atoms with Gasteiger partial charge in [0.25, 0.3) is 5.91 Å². The quantitative estimate of drug-likeness (QED) is 0.505. The van der Waals surface area contributed by atoms with Gasteiger partial charge < -0.3 is 20.2 Å². The number of ketones is 1. The van der Waals surface area contributed by atoms with E-state index in [9.17, 15) is 31.5 Å². The van der Waals surface area contributed by atoms with E-state index in [0.29, 0.717) is 25.8 Å². The molecule has 0 saturated carbocycles. The van der Waals surface area contributed by atoms with E-state index in [4.69, 9.17) is 4.74 Å². The van der Waals surface area contributed by atoms with Crippen LogP contribution in [0.4, 0.5) is 22.0 Å². The van der Waals surface area contributed by atoms with Crippen LogP contribution in [-0.2, 0) is 19.2 Å². The number of carbonyl (C=O) groups excluding carboxylic acids is 2. The Kier molecular flexibility index (Phi) is 6.23. The van der Waals surface area contributed by atoms with Crippen LogP contribution < -0.4 is 10.6 Å². The number of carbonyl (C=O) groups is 2. The lowest BCUT2D eigenvalue weighted by atomic mass is 9.91. The first kappa shape index (κ1) is 23.3. The smallest absolute Gasteiger partial charge is 0.369 e. The minimum Gasteiger partial charge on any atom is -0.369 e. The van der Waals surface area contributed by atoms with Gasteiger partial charge in [-0.2, -0.15) is 13.2 Å². The highest BCUT2D eigenvalue weighted by atomic mass is 19.4. The Hall–Kier alpha value is -2.86. The number of hydrogen-bond acceptors (Lipinski definition) is 6. The maximum atomic E-state index is 13.9. The van der Waals surface area contributed by atoms with Crippen LogP contribution in [0.5, 0.6) is 0 Å². The molecule has 0 bridgehead atoms. The molecule has 33 heavy (non-hydrogen) atoms. The number of nitrogens with zero attached hydrogens (tertiary/aromatic N) is 1. The molecule has 2 unspecified atom stereocenters. The zero-order valence-electron chi connectivity index (χ0n) is 17.1. The fraction of sp³-hybridized carbons (Fsp3) is 0.476. The highest BCUT2D eigenvalue weighted by molar-refractivity contribution is 6.06. The minimum atomic E-state index is -5.17. The Bertz CT molecular complexity index is 986. The van der Waals surface area contributed by atoms with Crippen molar-refractivity contribution >= 4 is 17.4 Å². The van der Waals surface area contributed by atoms with Gasteiger partial charge >= 0.3 is 11.8 Å². The van der Waals surface area contributed by atoms with Gasteiger partial charge in [-0.15, -0.1) is 0 Å². The second-order valence-electron chi connectivity index (χ2n) is 8.06. The van der Waals surface area contributed by atoms with Gasteiger partial charge in [0.1, 0.15) is 17.7 Å². The molecule has 1 saturated heterocycles. The number of morpholine rings is 1. The SMILES string of the molecule is O=C(C1CNCCO1)[C@@H]1C=C[C@H](NC(=O)C2(C(F)(F)F)CC(c3cc(F)cc(F)c3)=NO2)C1. The van der Waals surface area contributed by atoms with Gasteiger partial charge in [-0.05, 0) is 18.6 Å². The molecule has 12 heteroatoms. The van der Waals surface area contributed by atoms with E-state index in [1.165, 1.54) is 12.2 Å². The molecular formula is C21H20F5N3O4. The van der Waals surface area contributed by atoms with E-state index < -0.39 is 59.5 Å². The number of rotatable bonds is 5. The highest BCUT2D eigenvalue weighted by Crippen LogP contribution is 2.42. The number of benzene rings is 1. The number of alkyl halides is 3. The summed E-state index contributed by atoms with van der Waals surface area (Å²) < 4.78 is 74.2. The minimum absolute atomic E-state index is 0.0706. The first-order valence-electron chi connectivity index (χ1n) is 10.2. The standard InChI is InChI=1S/C21H20F5N3O4/c22-13-5-12(6-14(23)8-13)16-9-20(33-29-16,21(24,25)26)19(31)28-15-2-1-11(7-15)18(30)17-10-27-3-4-32-17/h1-2,5-6,8,11,15,17,27H,3-4,7,9-10H2,(H,28,31)/t11-,15+,17?,20?/m1/s1. The number of halogens is 5. The van der Waals surface area contributed by atoms with Crippen LogP contribution in [0.15, 0.2) is 35.5 Å². The molecule has 178 valence electrons. The summed E-state index contributed by atoms with van der Waals surface area (Å²) in [4.78, 5) is 29.9. The highest BCUT2D eigenvalue weighted by Gasteiger charge is 2.66. The second kappa shape index (κ2) is 8.82. The van der Waals surface area contributed by atoms with Crippen LogP contribution in [0, 0.1) is 17.6 Å². The van der Waals surface area contributed by atoms with Crippen molar-refractivity contribution in [2.75, 3.05) is 19.7 Å². The lowest BCUT2D eigenvalue weighted by molar-refractivity contribution is -0.259. The van der Waals surface area contributed by atoms with Crippen LogP contribution in [0.3, 0.4) is 0 Å². The van der Waals surface area contributed by atoms with E-state index in [2.05, 4.69) is 20.6 Å². The normalized spacial score (nSPS) is 29.5. The average molecular weight is 473 g/mol. The molecule has 2 aliphatic heterocycles. The van der Waals surface area contributed by atoms with Crippen LogP contribution in [0.1, 0.15) is 18.4 Å². The van der Waals surface area contributed by atoms with Crippen molar-refractivity contribution in [2.24, 2.45) is 11.1 Å². The molecule has 4 rings (SSSR count). The molecule has 0 spiro atoms. The summed E-state index contributed by atoms with van der Waals surface area (Å²) in [5, 5.41) is 8.59. The predicted octanol–water partition coefficient (Wildman–Crippen LogP) is 2.01. The number of amides is 1. The van der Waals surface area contributed by atoms with E-state index in [0.717, 1.165) is 12.1 Å². The zero-order valence-corrected chi connectivity index (χ0v) is 17.1. The Morgan fingerprint density at radius 1 is 1.15 bits per heavy atom. The Morgan fingerprint density at radius 3 is 2.52 bits per heavy atom. The molecular weight excluding hydrogens is 453 g/mol. The fourth-order valence-corrected chi connectivity index (χ4v) is 4.00. The molecule has 1 aromatic carbocycles. The van der Waals surface area contributed by atoms with Crippen molar-refractivity contribution in [3.05, 3.63) is 47.5 Å². The summed E-state index contributed by atoms with van der Waals surface area (Å²) in [5.74, 6) is -4.37. The molecule has 3 aliphatic rings. The number of oxime groups is 1. The van der Waals surface area contributed by atoms with Crippen molar-refractivity contribution in [1.82, 2.24) is 10.6 Å². The maximum Gasteiger partial charge on any atom is 0.440 e. The first-order valence-corrected chi connectivity index (χ1v) is 10.2. The number of ether oxygens (including phenoxy) is 1. The maximum absolute atomic E-state index is 13.9. The summed E-state index contributed by atoms with van der Waals surface area (Å²) in [6, 6.07) is 1.31. The summed E-state index contributed by atoms with van der Waals surface area (Å²) in [6.45, 7) is 1.33. The molecule has 4 atom stereocenters. The van der Waals surface area contributed by atoms with Gasteiger partial charge in [0.15, 0.2) is 5.78 Å². The van der Waals surface area contributed by atoms with Crippen molar-refractivity contribution in [2.45, 2.75) is 36.8 Å². The predicted molar refractivity (Wildman–Crippen MR) is 104 cm³/mol. The molecule has 2 N–H and O–H groups in total. The van der Waals surface area contributed by atoms with Gasteiger partial charge in [-0.3, -0.25) is 9.59 Å². The van der Waals surface area contributed by atoms with Crippen molar-refractivity contribution < 1.29 is 41.1 Å². The van der Waals surface area contributed by atoms with E-state index in [1.54, 1.807) is 0 Å². The summed E-state index contributed by atoms with van der Waals surface area (Å²) >= 11 is 0. The molecule has 7 nitrogen and oxygen atoms in total. The number of nitrogens with one attached hydrogen (secondary N) is 2. The molecule has 1 aromatic rings. The van der Waals surface area contributed by atoms with E-state index in [1.807, 2.05) is 0 Å². The van der Waals surface area contributed by atoms with Gasteiger partial charge in [0.05, 0.1) is 18.7 Å².